The van der Waals surface area contributed by atoms with E-state index in [4.69, 9.17) is 4.84 Å². The predicted molar refractivity (Wildman–Crippen MR) is 97.7 cm³/mol. The lowest BCUT2D eigenvalue weighted by molar-refractivity contribution is -0.00684. The van der Waals surface area contributed by atoms with Crippen LogP contribution in [-0.4, -0.2) is 33.1 Å². The van der Waals surface area contributed by atoms with Crippen molar-refractivity contribution >= 4 is 38.9 Å². The second kappa shape index (κ2) is 7.81. The number of imidazole rings is 1. The lowest BCUT2D eigenvalue weighted by Crippen LogP contribution is -2.28. The molecule has 0 spiro atoms. The van der Waals surface area contributed by atoms with Crippen molar-refractivity contribution in [3.8, 4) is 0 Å². The van der Waals surface area contributed by atoms with E-state index in [0.29, 0.717) is 10.3 Å². The van der Waals surface area contributed by atoms with E-state index in [2.05, 4.69) is 31.7 Å². The molecule has 0 aliphatic carbocycles. The Hall–Kier alpha value is -2.49. The fourth-order valence-electron chi connectivity index (χ4n) is 2.30. The highest BCUT2D eigenvalue weighted by molar-refractivity contribution is 9.10. The van der Waals surface area contributed by atoms with Gasteiger partial charge in [-0.2, -0.15) is 0 Å². The summed E-state index contributed by atoms with van der Waals surface area (Å²) >= 11 is 3.21. The average Bonchev–Trinajstić information content (AvgIpc) is 3.06. The Balaban J connectivity index is 1.96. The van der Waals surface area contributed by atoms with Gasteiger partial charge in [0.15, 0.2) is 0 Å². The number of halogens is 2. The van der Waals surface area contributed by atoms with Crippen molar-refractivity contribution in [1.29, 1.82) is 0 Å². The van der Waals surface area contributed by atoms with Gasteiger partial charge >= 0.3 is 0 Å². The Bertz CT molecular complexity index is 945. The van der Waals surface area contributed by atoms with Crippen molar-refractivity contribution in [2.45, 2.75) is 13.0 Å². The van der Waals surface area contributed by atoms with Gasteiger partial charge < -0.3 is 10.4 Å². The lowest BCUT2D eigenvalue weighted by atomic mass is 10.2. The molecule has 7 nitrogen and oxygen atoms in total. The van der Waals surface area contributed by atoms with Crippen molar-refractivity contribution in [2.75, 3.05) is 11.9 Å². The number of hydroxylamine groups is 1. The third-order valence-corrected chi connectivity index (χ3v) is 4.00. The summed E-state index contributed by atoms with van der Waals surface area (Å²) in [5, 5.41) is 12.1. The van der Waals surface area contributed by atoms with Crippen LogP contribution >= 0.6 is 15.9 Å². The number of hydrogen-bond acceptors (Lipinski definition) is 5. The zero-order chi connectivity index (χ0) is 18.7. The molecular weight excluding hydrogens is 407 g/mol. The van der Waals surface area contributed by atoms with Crippen LogP contribution in [0.15, 0.2) is 47.3 Å². The Kier molecular flexibility index (Phi) is 5.50. The number of rotatable bonds is 6. The number of carbonyl (C=O) groups excluding carboxylic acids is 1. The number of aromatic nitrogens is 2. The van der Waals surface area contributed by atoms with Crippen LogP contribution in [0.1, 0.15) is 17.3 Å². The second-order valence-corrected chi connectivity index (χ2v) is 6.54. The highest BCUT2D eigenvalue weighted by Crippen LogP contribution is 2.26. The van der Waals surface area contributed by atoms with Crippen molar-refractivity contribution < 1.29 is 19.1 Å². The fourth-order valence-corrected chi connectivity index (χ4v) is 2.64. The van der Waals surface area contributed by atoms with Gasteiger partial charge in [-0.05, 0) is 37.3 Å². The summed E-state index contributed by atoms with van der Waals surface area (Å²) in [6, 6.07) is 7.85. The fraction of sp³-hybridized carbons (Fsp3) is 0.176. The molecule has 0 radical (unpaired) electrons. The summed E-state index contributed by atoms with van der Waals surface area (Å²) in [6.45, 7) is 1.48. The molecule has 3 aromatic rings. The number of nitrogens with one attached hydrogen (secondary N) is 2. The molecule has 0 unspecified atom stereocenters. The zero-order valence-corrected chi connectivity index (χ0v) is 15.3. The number of fused-ring (bicyclic) bond motifs is 1. The molecule has 0 aliphatic heterocycles. The van der Waals surface area contributed by atoms with Crippen LogP contribution in [-0.2, 0) is 4.84 Å². The Morgan fingerprint density at radius 2 is 2.23 bits per heavy atom. The molecule has 136 valence electrons. The van der Waals surface area contributed by atoms with Crippen molar-refractivity contribution in [3.63, 3.8) is 0 Å². The summed E-state index contributed by atoms with van der Waals surface area (Å²) in [6.07, 6.45) is 2.41. The molecule has 0 saturated heterocycles. The molecule has 3 N–H and O–H groups in total. The first kappa shape index (κ1) is 18.3. The number of amides is 1. The van der Waals surface area contributed by atoms with E-state index < -0.39 is 17.8 Å². The van der Waals surface area contributed by atoms with Crippen molar-refractivity contribution in [3.05, 3.63) is 58.7 Å². The zero-order valence-electron chi connectivity index (χ0n) is 13.7. The monoisotopic (exact) mass is 422 g/mol. The largest absolute Gasteiger partial charge is 0.391 e. The molecule has 2 heterocycles. The standard InChI is InChI=1S/C17H16BrFN4O3/c1-10(24)8-26-22-17(25)13-4-3-12-7-20-9-23(12)16(13)21-15-5-2-11(18)6-14(15)19/h2-7,9-10,21,24H,8H2,1H3,(H,22,25)/t10-/m0/s1. The van der Waals surface area contributed by atoms with Crippen molar-refractivity contribution in [1.82, 2.24) is 14.9 Å². The second-order valence-electron chi connectivity index (χ2n) is 5.62. The van der Waals surface area contributed by atoms with Gasteiger partial charge in [0.1, 0.15) is 24.6 Å². The molecule has 0 saturated carbocycles. The van der Waals surface area contributed by atoms with Crippen molar-refractivity contribution in [2.24, 2.45) is 0 Å². The van der Waals surface area contributed by atoms with E-state index in [1.54, 1.807) is 34.9 Å². The van der Waals surface area contributed by atoms with Crippen LogP contribution in [0, 0.1) is 5.82 Å². The molecule has 1 amide bonds. The number of aliphatic hydroxyl groups excluding tert-OH is 1. The maximum Gasteiger partial charge on any atom is 0.278 e. The smallest absolute Gasteiger partial charge is 0.278 e. The number of anilines is 2. The Labute approximate surface area is 156 Å². The summed E-state index contributed by atoms with van der Waals surface area (Å²) in [5.74, 6) is -0.686. The molecule has 0 aliphatic rings. The first-order chi connectivity index (χ1) is 12.5. The average molecular weight is 423 g/mol. The van der Waals surface area contributed by atoms with Gasteiger partial charge in [0.2, 0.25) is 0 Å². The molecule has 26 heavy (non-hydrogen) atoms. The van der Waals surface area contributed by atoms with E-state index in [1.165, 1.54) is 19.3 Å². The van der Waals surface area contributed by atoms with Crippen LogP contribution in [0.3, 0.4) is 0 Å². The number of aliphatic hydroxyl groups is 1. The quantitative estimate of drug-likeness (QED) is 0.531. The normalized spacial score (nSPS) is 12.2. The van der Waals surface area contributed by atoms with Gasteiger partial charge in [-0.1, -0.05) is 15.9 Å². The third-order valence-electron chi connectivity index (χ3n) is 3.50. The van der Waals surface area contributed by atoms with Gasteiger partial charge in [0.25, 0.3) is 5.91 Å². The minimum atomic E-state index is -0.721. The van der Waals surface area contributed by atoms with Crippen LogP contribution < -0.4 is 10.8 Å². The summed E-state index contributed by atoms with van der Waals surface area (Å²) in [7, 11) is 0. The van der Waals surface area contributed by atoms with E-state index in [0.717, 1.165) is 5.52 Å². The van der Waals surface area contributed by atoms with Gasteiger partial charge in [-0.25, -0.2) is 14.9 Å². The summed E-state index contributed by atoms with van der Waals surface area (Å²) in [4.78, 5) is 21.5. The molecule has 1 atom stereocenters. The van der Waals surface area contributed by atoms with E-state index in [-0.39, 0.29) is 17.9 Å². The van der Waals surface area contributed by atoms with Crippen LogP contribution in [0.5, 0.6) is 0 Å². The highest BCUT2D eigenvalue weighted by Gasteiger charge is 2.17. The molecule has 3 rings (SSSR count). The summed E-state index contributed by atoms with van der Waals surface area (Å²) in [5.41, 5.74) is 3.42. The van der Waals surface area contributed by atoms with Gasteiger partial charge in [0.05, 0.1) is 29.1 Å². The number of nitrogens with zero attached hydrogens (tertiary/aromatic N) is 2. The maximum absolute atomic E-state index is 14.2. The van der Waals surface area contributed by atoms with E-state index in [1.807, 2.05) is 0 Å². The number of hydrogen-bond donors (Lipinski definition) is 3. The first-order valence-corrected chi connectivity index (χ1v) is 8.52. The van der Waals surface area contributed by atoms with Crippen LogP contribution in [0.4, 0.5) is 15.9 Å². The van der Waals surface area contributed by atoms with Crippen LogP contribution in [0.25, 0.3) is 5.52 Å². The van der Waals surface area contributed by atoms with E-state index in [9.17, 15) is 14.3 Å². The molecule has 0 fully saturated rings. The molecular formula is C17H16BrFN4O3. The molecule has 1 aromatic carbocycles. The highest BCUT2D eigenvalue weighted by atomic mass is 79.9. The van der Waals surface area contributed by atoms with E-state index >= 15 is 0 Å². The predicted octanol–water partition coefficient (Wildman–Crippen LogP) is 3.02. The number of benzene rings is 1. The molecule has 2 aromatic heterocycles. The summed E-state index contributed by atoms with van der Waals surface area (Å²) < 4.78 is 16.4. The topological polar surface area (TPSA) is 87.9 Å². The van der Waals surface area contributed by atoms with Gasteiger partial charge in [0, 0.05) is 4.47 Å². The SMILES string of the molecule is C[C@H](O)CONC(=O)c1ccc2cncn2c1Nc1ccc(Br)cc1F. The lowest BCUT2D eigenvalue weighted by Gasteiger charge is -2.15. The number of carbonyl (C=O) groups is 1. The van der Waals surface area contributed by atoms with Gasteiger partial charge in [-0.15, -0.1) is 0 Å². The molecule has 9 heteroatoms. The maximum atomic E-state index is 14.2. The minimum Gasteiger partial charge on any atom is -0.391 e. The Morgan fingerprint density at radius 3 is 2.96 bits per heavy atom. The molecule has 0 bridgehead atoms. The first-order valence-electron chi connectivity index (χ1n) is 7.73. The number of pyridine rings is 1. The third kappa shape index (κ3) is 4.01. The van der Waals surface area contributed by atoms with Crippen LogP contribution in [0.2, 0.25) is 0 Å². The minimum absolute atomic E-state index is 0.0524. The van der Waals surface area contributed by atoms with Gasteiger partial charge in [-0.3, -0.25) is 14.0 Å². The Morgan fingerprint density at radius 1 is 1.42 bits per heavy atom.